The maximum absolute atomic E-state index is 6.29. The van der Waals surface area contributed by atoms with Crippen LogP contribution in [0.1, 0.15) is 0 Å². The molecule has 0 saturated carbocycles. The molecule has 0 unspecified atom stereocenters. The summed E-state index contributed by atoms with van der Waals surface area (Å²) < 4.78 is 8.51. The zero-order valence-corrected chi connectivity index (χ0v) is 21.4. The molecular weight excluding hydrogens is 490 g/mol. The van der Waals surface area contributed by atoms with Crippen molar-refractivity contribution in [3.05, 3.63) is 127 Å². The molecule has 0 saturated heterocycles. The minimum Gasteiger partial charge on any atom is -0.456 e. The highest BCUT2D eigenvalue weighted by Gasteiger charge is 2.21. The summed E-state index contributed by atoms with van der Waals surface area (Å²) in [7, 11) is 0. The van der Waals surface area contributed by atoms with E-state index in [4.69, 9.17) is 14.4 Å². The number of fused-ring (bicyclic) bond motifs is 10. The summed E-state index contributed by atoms with van der Waals surface area (Å²) in [6, 6.07) is 44.1. The number of nitrogens with zero attached hydrogens (tertiary/aromatic N) is 3. The van der Waals surface area contributed by atoms with Gasteiger partial charge in [-0.3, -0.25) is 4.57 Å². The van der Waals surface area contributed by atoms with E-state index in [9.17, 15) is 0 Å². The minimum absolute atomic E-state index is 0.660. The molecular formula is C36H21N3O. The average molecular weight is 512 g/mol. The first-order chi connectivity index (χ1) is 19.8. The molecule has 9 aromatic rings. The maximum atomic E-state index is 6.29. The van der Waals surface area contributed by atoms with Crippen molar-refractivity contribution in [1.82, 2.24) is 14.5 Å². The standard InChI is InChI=1S/C36H21N3O/c1-2-10-23(11-3-1)35-24-12-4-7-15-27(24)37-36(38-35)39-28-16-8-5-13-25(28)33-29(39)20-18-22-19-21-31-34(32(22)33)26-14-6-9-17-30(26)40-31/h1-21H. The molecule has 4 heteroatoms. The molecule has 0 radical (unpaired) electrons. The van der Waals surface area contributed by atoms with Crippen LogP contribution in [-0.4, -0.2) is 14.5 Å². The van der Waals surface area contributed by atoms with E-state index in [1.54, 1.807) is 0 Å². The highest BCUT2D eigenvalue weighted by molar-refractivity contribution is 6.31. The molecule has 9 rings (SSSR count). The number of furan rings is 1. The first-order valence-corrected chi connectivity index (χ1v) is 13.4. The molecule has 3 aromatic heterocycles. The van der Waals surface area contributed by atoms with Crippen molar-refractivity contribution >= 4 is 65.4 Å². The van der Waals surface area contributed by atoms with Crippen molar-refractivity contribution in [2.75, 3.05) is 0 Å². The second-order valence-electron chi connectivity index (χ2n) is 10.2. The van der Waals surface area contributed by atoms with Gasteiger partial charge in [-0.05, 0) is 35.7 Å². The topological polar surface area (TPSA) is 43.9 Å². The number of benzene rings is 6. The third-order valence-electron chi connectivity index (χ3n) is 8.00. The summed E-state index contributed by atoms with van der Waals surface area (Å²) in [6.07, 6.45) is 0. The number of hydrogen-bond donors (Lipinski definition) is 0. The Morgan fingerprint density at radius 3 is 2.10 bits per heavy atom. The predicted octanol–water partition coefficient (Wildman–Crippen LogP) is 9.45. The molecule has 6 aromatic carbocycles. The Hall–Kier alpha value is -5.48. The van der Waals surface area contributed by atoms with E-state index in [1.807, 2.05) is 30.3 Å². The highest BCUT2D eigenvalue weighted by Crippen LogP contribution is 2.42. The van der Waals surface area contributed by atoms with Crippen LogP contribution >= 0.6 is 0 Å². The second-order valence-corrected chi connectivity index (χ2v) is 10.2. The smallest absolute Gasteiger partial charge is 0.235 e. The SMILES string of the molecule is c1ccc(-c2nc(-n3c4ccccc4c4c5c(ccc6oc7ccccc7c65)ccc43)nc3ccccc23)cc1. The molecule has 40 heavy (non-hydrogen) atoms. The molecule has 186 valence electrons. The van der Waals surface area contributed by atoms with Gasteiger partial charge < -0.3 is 4.42 Å². The van der Waals surface area contributed by atoms with E-state index in [2.05, 4.69) is 102 Å². The van der Waals surface area contributed by atoms with Crippen molar-refractivity contribution in [3.8, 4) is 17.2 Å². The Morgan fingerprint density at radius 2 is 1.20 bits per heavy atom. The van der Waals surface area contributed by atoms with Crippen LogP contribution in [-0.2, 0) is 0 Å². The molecule has 0 atom stereocenters. The van der Waals surface area contributed by atoms with Crippen molar-refractivity contribution in [2.45, 2.75) is 0 Å². The van der Waals surface area contributed by atoms with Gasteiger partial charge in [0.15, 0.2) is 0 Å². The fraction of sp³-hybridized carbons (Fsp3) is 0. The van der Waals surface area contributed by atoms with E-state index in [0.717, 1.165) is 55.1 Å². The molecule has 4 nitrogen and oxygen atoms in total. The zero-order chi connectivity index (χ0) is 26.2. The lowest BCUT2D eigenvalue weighted by atomic mass is 9.99. The van der Waals surface area contributed by atoms with Crippen LogP contribution in [0.15, 0.2) is 132 Å². The Bertz CT molecular complexity index is 2430. The van der Waals surface area contributed by atoms with Crippen molar-refractivity contribution in [2.24, 2.45) is 0 Å². The lowest BCUT2D eigenvalue weighted by Gasteiger charge is -2.12. The molecule has 0 fully saturated rings. The largest absolute Gasteiger partial charge is 0.456 e. The first-order valence-electron chi connectivity index (χ1n) is 13.4. The zero-order valence-electron chi connectivity index (χ0n) is 21.4. The second kappa shape index (κ2) is 8.01. The summed E-state index contributed by atoms with van der Waals surface area (Å²) in [5, 5.41) is 8.03. The van der Waals surface area contributed by atoms with Crippen LogP contribution in [0.2, 0.25) is 0 Å². The Balaban J connectivity index is 1.47. The number of hydrogen-bond acceptors (Lipinski definition) is 3. The van der Waals surface area contributed by atoms with Gasteiger partial charge in [-0.15, -0.1) is 0 Å². The van der Waals surface area contributed by atoms with Crippen molar-refractivity contribution in [3.63, 3.8) is 0 Å². The quantitative estimate of drug-likeness (QED) is 0.232. The monoisotopic (exact) mass is 511 g/mol. The number of para-hydroxylation sites is 3. The molecule has 0 spiro atoms. The lowest BCUT2D eigenvalue weighted by Crippen LogP contribution is -2.03. The Kier molecular flexibility index (Phi) is 4.30. The van der Waals surface area contributed by atoms with E-state index in [1.165, 1.54) is 21.5 Å². The van der Waals surface area contributed by atoms with Gasteiger partial charge >= 0.3 is 0 Å². The van der Waals surface area contributed by atoms with Gasteiger partial charge in [0.05, 0.1) is 22.2 Å². The van der Waals surface area contributed by atoms with Gasteiger partial charge in [0.25, 0.3) is 0 Å². The fourth-order valence-electron chi connectivity index (χ4n) is 6.29. The number of aromatic nitrogens is 3. The van der Waals surface area contributed by atoms with E-state index in [-0.39, 0.29) is 0 Å². The van der Waals surface area contributed by atoms with E-state index in [0.29, 0.717) is 5.95 Å². The van der Waals surface area contributed by atoms with E-state index < -0.39 is 0 Å². The van der Waals surface area contributed by atoms with Gasteiger partial charge in [0.2, 0.25) is 5.95 Å². The average Bonchev–Trinajstić information content (AvgIpc) is 3.57. The minimum atomic E-state index is 0.660. The molecule has 3 heterocycles. The van der Waals surface area contributed by atoms with Gasteiger partial charge in [-0.2, -0.15) is 0 Å². The summed E-state index contributed by atoms with van der Waals surface area (Å²) in [5.74, 6) is 0.660. The van der Waals surface area contributed by atoms with Gasteiger partial charge in [-0.1, -0.05) is 97.1 Å². The van der Waals surface area contributed by atoms with E-state index >= 15 is 0 Å². The molecule has 0 N–H and O–H groups in total. The molecule has 0 aliphatic heterocycles. The summed E-state index contributed by atoms with van der Waals surface area (Å²) >= 11 is 0. The summed E-state index contributed by atoms with van der Waals surface area (Å²) in [4.78, 5) is 10.3. The van der Waals surface area contributed by atoms with Gasteiger partial charge in [0.1, 0.15) is 11.2 Å². The summed E-state index contributed by atoms with van der Waals surface area (Å²) in [5.41, 5.74) is 6.85. The fourth-order valence-corrected chi connectivity index (χ4v) is 6.29. The molecule has 0 bridgehead atoms. The van der Waals surface area contributed by atoms with Crippen molar-refractivity contribution in [1.29, 1.82) is 0 Å². The lowest BCUT2D eigenvalue weighted by molar-refractivity contribution is 0.669. The maximum Gasteiger partial charge on any atom is 0.235 e. The van der Waals surface area contributed by atoms with Crippen molar-refractivity contribution < 1.29 is 4.42 Å². The first kappa shape index (κ1) is 21.5. The Morgan fingerprint density at radius 1 is 0.475 bits per heavy atom. The molecule has 0 aliphatic carbocycles. The van der Waals surface area contributed by atoms with Crippen LogP contribution < -0.4 is 0 Å². The van der Waals surface area contributed by atoms with Crippen LogP contribution in [0.4, 0.5) is 0 Å². The third kappa shape index (κ3) is 2.90. The van der Waals surface area contributed by atoms with Crippen LogP contribution in [0.3, 0.4) is 0 Å². The van der Waals surface area contributed by atoms with Gasteiger partial charge in [-0.25, -0.2) is 9.97 Å². The van der Waals surface area contributed by atoms with Gasteiger partial charge in [0, 0.05) is 37.9 Å². The Labute approximate surface area is 228 Å². The highest BCUT2D eigenvalue weighted by atomic mass is 16.3. The summed E-state index contributed by atoms with van der Waals surface area (Å²) in [6.45, 7) is 0. The molecule has 0 aliphatic rings. The third-order valence-corrected chi connectivity index (χ3v) is 8.00. The predicted molar refractivity (Wildman–Crippen MR) is 164 cm³/mol. The van der Waals surface area contributed by atoms with Crippen LogP contribution in [0, 0.1) is 0 Å². The normalized spacial score (nSPS) is 12.0. The number of rotatable bonds is 2. The molecule has 0 amide bonds. The van der Waals surface area contributed by atoms with Crippen LogP contribution in [0.5, 0.6) is 0 Å². The van der Waals surface area contributed by atoms with Crippen LogP contribution in [0.25, 0.3) is 82.6 Å².